The molecular formula is C6H17NO12P2. The van der Waals surface area contributed by atoms with E-state index in [4.69, 9.17) is 40.3 Å². The summed E-state index contributed by atoms with van der Waals surface area (Å²) in [6.07, 6.45) is -4.85. The summed E-state index contributed by atoms with van der Waals surface area (Å²) in [5.74, 6) is 0. The van der Waals surface area contributed by atoms with Crippen LogP contribution in [0, 0.1) is 0 Å². The first kappa shape index (κ1) is 21.0. The van der Waals surface area contributed by atoms with Crippen LogP contribution >= 0.6 is 15.6 Å². The van der Waals surface area contributed by atoms with Gasteiger partial charge >= 0.3 is 15.6 Å². The van der Waals surface area contributed by atoms with Crippen molar-refractivity contribution in [1.29, 1.82) is 0 Å². The van der Waals surface area contributed by atoms with E-state index in [1.807, 2.05) is 0 Å². The van der Waals surface area contributed by atoms with Crippen LogP contribution in [0.1, 0.15) is 0 Å². The van der Waals surface area contributed by atoms with E-state index in [1.165, 1.54) is 0 Å². The summed E-state index contributed by atoms with van der Waals surface area (Å²) >= 11 is 0. The number of aliphatic hydroxyl groups is 4. The monoisotopic (exact) mass is 357 g/mol. The van der Waals surface area contributed by atoms with Gasteiger partial charge < -0.3 is 50.5 Å². The second-order valence-electron chi connectivity index (χ2n) is 3.87. The molecule has 0 aromatic carbocycles. The fraction of sp³-hybridized carbons (Fsp3) is 1.00. The number of hydrogen-bond donors (Lipinski definition) is 9. The van der Waals surface area contributed by atoms with E-state index in [9.17, 15) is 19.3 Å². The van der Waals surface area contributed by atoms with Gasteiger partial charge in [-0.2, -0.15) is 4.31 Å². The highest BCUT2D eigenvalue weighted by Gasteiger charge is 2.41. The van der Waals surface area contributed by atoms with Gasteiger partial charge in [0.05, 0.1) is 12.6 Å². The maximum absolute atomic E-state index is 9.63. The Morgan fingerprint density at radius 3 is 1.71 bits per heavy atom. The fourth-order valence-electron chi connectivity index (χ4n) is 1.26. The van der Waals surface area contributed by atoms with E-state index in [2.05, 4.69) is 4.31 Å². The molecule has 1 aliphatic heterocycles. The van der Waals surface area contributed by atoms with Crippen molar-refractivity contribution >= 4 is 15.6 Å². The van der Waals surface area contributed by atoms with Gasteiger partial charge in [-0.1, -0.05) is 0 Å². The summed E-state index contributed by atoms with van der Waals surface area (Å²) in [6, 6.07) is -1.04. The lowest BCUT2D eigenvalue weighted by Gasteiger charge is -2.38. The Hall–Kier alpha value is 0.0200. The molecule has 0 aromatic rings. The van der Waals surface area contributed by atoms with Gasteiger partial charge in [-0.25, -0.2) is 9.13 Å². The number of nitrogens with two attached hydrogens (primary N) is 1. The van der Waals surface area contributed by atoms with Crippen molar-refractivity contribution in [1.82, 2.24) is 0 Å². The lowest BCUT2D eigenvalue weighted by atomic mass is 9.98. The summed E-state index contributed by atoms with van der Waals surface area (Å²) in [7, 11) is -10.1. The summed E-state index contributed by atoms with van der Waals surface area (Å²) in [6.45, 7) is -0.470. The average molecular weight is 357 g/mol. The molecule has 13 nitrogen and oxygen atoms in total. The quantitative estimate of drug-likeness (QED) is 0.219. The van der Waals surface area contributed by atoms with Crippen LogP contribution in [0.15, 0.2) is 0 Å². The van der Waals surface area contributed by atoms with E-state index >= 15 is 0 Å². The van der Waals surface area contributed by atoms with E-state index in [0.717, 1.165) is 0 Å². The lowest BCUT2D eigenvalue weighted by molar-refractivity contribution is -0.248. The fourth-order valence-corrected chi connectivity index (χ4v) is 2.36. The Bertz CT molecular complexity index is 382. The molecule has 21 heavy (non-hydrogen) atoms. The molecule has 1 heterocycles. The highest BCUT2D eigenvalue weighted by atomic mass is 31.3. The van der Waals surface area contributed by atoms with Crippen LogP contribution in [0.25, 0.3) is 0 Å². The van der Waals surface area contributed by atoms with Crippen LogP contribution in [0.4, 0.5) is 0 Å². The molecule has 0 amide bonds. The van der Waals surface area contributed by atoms with Crippen LogP contribution in [0.3, 0.4) is 0 Å². The molecule has 5 atom stereocenters. The van der Waals surface area contributed by atoms with Gasteiger partial charge in [-0.05, 0) is 0 Å². The van der Waals surface area contributed by atoms with Crippen molar-refractivity contribution < 1.29 is 58.2 Å². The molecule has 10 N–H and O–H groups in total. The van der Waals surface area contributed by atoms with E-state index in [1.54, 1.807) is 0 Å². The summed E-state index contributed by atoms with van der Waals surface area (Å²) in [4.78, 5) is 31.0. The minimum atomic E-state index is -5.05. The van der Waals surface area contributed by atoms with Crippen molar-refractivity contribution in [3.63, 3.8) is 0 Å². The zero-order valence-electron chi connectivity index (χ0n) is 10.3. The molecule has 1 saturated heterocycles. The second kappa shape index (κ2) is 8.04. The lowest BCUT2D eigenvalue weighted by Crippen LogP contribution is -2.61. The topological polar surface area (TPSA) is 240 Å². The predicted octanol–water partition coefficient (Wildman–Crippen LogP) is -4.07. The minimum absolute atomic E-state index is 0.470. The summed E-state index contributed by atoms with van der Waals surface area (Å²) in [5, 5.41) is 36.1. The third kappa shape index (κ3) is 8.28. The van der Waals surface area contributed by atoms with Crippen LogP contribution in [-0.4, -0.2) is 77.3 Å². The van der Waals surface area contributed by atoms with E-state index < -0.39 is 52.9 Å². The zero-order valence-corrected chi connectivity index (χ0v) is 12.1. The largest absolute Gasteiger partial charge is 0.478 e. The van der Waals surface area contributed by atoms with Crippen LogP contribution < -0.4 is 5.73 Å². The van der Waals surface area contributed by atoms with Crippen molar-refractivity contribution in [3.8, 4) is 0 Å². The Labute approximate surface area is 118 Å². The van der Waals surface area contributed by atoms with Gasteiger partial charge in [-0.3, -0.25) is 0 Å². The molecule has 0 bridgehead atoms. The molecule has 0 saturated carbocycles. The molecule has 0 spiro atoms. The molecule has 0 radical (unpaired) electrons. The smallest absolute Gasteiger partial charge is 0.394 e. The summed E-state index contributed by atoms with van der Waals surface area (Å²) < 4.78 is 26.9. The number of rotatable bonds is 3. The number of aliphatic hydroxyl groups excluding tert-OH is 4. The maximum Gasteiger partial charge on any atom is 0.478 e. The SMILES string of the molecule is N[C@H]1C(O)O[C@H](CO)[C@@H](O)[C@@H]1O.O=P(O)(O)OP(=O)(O)O. The van der Waals surface area contributed by atoms with Gasteiger partial charge in [0.25, 0.3) is 0 Å². The van der Waals surface area contributed by atoms with Crippen LogP contribution in [0.2, 0.25) is 0 Å². The number of hydrogen-bond acceptors (Lipinski definition) is 9. The van der Waals surface area contributed by atoms with Gasteiger partial charge in [0.15, 0.2) is 6.29 Å². The molecule has 128 valence electrons. The molecule has 0 aliphatic carbocycles. The van der Waals surface area contributed by atoms with Crippen LogP contribution in [0.5, 0.6) is 0 Å². The van der Waals surface area contributed by atoms with Gasteiger partial charge in [0.1, 0.15) is 18.3 Å². The van der Waals surface area contributed by atoms with Crippen molar-refractivity contribution in [3.05, 3.63) is 0 Å². The molecule has 1 unspecified atom stereocenters. The highest BCUT2D eigenvalue weighted by molar-refractivity contribution is 7.60. The second-order valence-corrected chi connectivity index (χ2v) is 6.48. The molecule has 1 fully saturated rings. The predicted molar refractivity (Wildman–Crippen MR) is 63.1 cm³/mol. The van der Waals surface area contributed by atoms with Gasteiger partial charge in [0, 0.05) is 0 Å². The normalized spacial score (nSPS) is 34.0. The average Bonchev–Trinajstić information content (AvgIpc) is 2.27. The maximum atomic E-state index is 9.63. The third-order valence-electron chi connectivity index (χ3n) is 2.16. The number of phosphoric acid groups is 2. The van der Waals surface area contributed by atoms with Crippen molar-refractivity contribution in [2.24, 2.45) is 5.73 Å². The first-order valence-electron chi connectivity index (χ1n) is 5.17. The van der Waals surface area contributed by atoms with E-state index in [0.29, 0.717) is 0 Å². The molecular weight excluding hydrogens is 340 g/mol. The Morgan fingerprint density at radius 1 is 1.00 bits per heavy atom. The molecule has 1 aliphatic rings. The third-order valence-corrected chi connectivity index (χ3v) is 3.86. The first-order chi connectivity index (χ1) is 9.28. The van der Waals surface area contributed by atoms with E-state index in [-0.39, 0.29) is 0 Å². The van der Waals surface area contributed by atoms with Gasteiger partial charge in [-0.15, -0.1) is 0 Å². The standard InChI is InChI=1S/C6H13NO5.H4O7P2/c7-3-5(10)4(9)2(1-8)12-6(3)11;1-8(2,3)7-9(4,5)6/h2-6,8-11H,1,7H2;(H2,1,2,3)(H2,4,5,6)/t2-,3-,4-,5-,6?;/m1./s1. The van der Waals surface area contributed by atoms with Crippen LogP contribution in [-0.2, 0) is 18.2 Å². The number of ether oxygens (including phenoxy) is 1. The Morgan fingerprint density at radius 2 is 1.43 bits per heavy atom. The first-order valence-corrected chi connectivity index (χ1v) is 8.23. The Balaban J connectivity index is 0.000000400. The van der Waals surface area contributed by atoms with Crippen molar-refractivity contribution in [2.75, 3.05) is 6.61 Å². The minimum Gasteiger partial charge on any atom is -0.394 e. The Kier molecular flexibility index (Phi) is 8.04. The molecule has 15 heteroatoms. The highest BCUT2D eigenvalue weighted by Crippen LogP contribution is 2.53. The van der Waals surface area contributed by atoms with Gasteiger partial charge in [0.2, 0.25) is 0 Å². The van der Waals surface area contributed by atoms with Crippen molar-refractivity contribution in [2.45, 2.75) is 30.6 Å². The zero-order chi connectivity index (χ0) is 17.0. The molecule has 1 rings (SSSR count). The summed E-state index contributed by atoms with van der Waals surface area (Å²) in [5.41, 5.74) is 5.26. The molecule has 0 aromatic heterocycles.